The van der Waals surface area contributed by atoms with E-state index in [0.29, 0.717) is 11.3 Å². The molecule has 0 aliphatic heterocycles. The van der Waals surface area contributed by atoms with Crippen molar-refractivity contribution in [1.29, 1.82) is 0 Å². The smallest absolute Gasteiger partial charge is 0.256 e. The number of nitrogens with one attached hydrogen (secondary N) is 1. The molecule has 110 valence electrons. The second-order valence-electron chi connectivity index (χ2n) is 5.39. The zero-order chi connectivity index (χ0) is 15.6. The minimum Gasteiger partial charge on any atom is -0.398 e. The Morgan fingerprint density at radius 2 is 1.76 bits per heavy atom. The molecule has 0 aliphatic rings. The van der Waals surface area contributed by atoms with Gasteiger partial charge in [-0.1, -0.05) is 18.2 Å². The zero-order valence-corrected chi connectivity index (χ0v) is 12.9. The van der Waals surface area contributed by atoms with Crippen molar-refractivity contribution in [2.75, 3.05) is 30.0 Å². The Kier molecular flexibility index (Phi) is 4.17. The van der Waals surface area contributed by atoms with Gasteiger partial charge in [-0.05, 0) is 43.2 Å². The Morgan fingerprint density at radius 1 is 1.10 bits per heavy atom. The molecule has 0 unspecified atom stereocenters. The average Bonchev–Trinajstić information content (AvgIpc) is 2.43. The number of anilines is 3. The first-order valence-corrected chi connectivity index (χ1v) is 6.84. The second kappa shape index (κ2) is 5.87. The molecule has 0 saturated carbocycles. The van der Waals surface area contributed by atoms with E-state index in [-0.39, 0.29) is 5.91 Å². The lowest BCUT2D eigenvalue weighted by atomic mass is 10.0. The number of hydrogen-bond acceptors (Lipinski definition) is 3. The normalized spacial score (nSPS) is 10.3. The van der Waals surface area contributed by atoms with Gasteiger partial charge in [-0.2, -0.15) is 0 Å². The molecule has 0 aliphatic carbocycles. The summed E-state index contributed by atoms with van der Waals surface area (Å²) < 4.78 is 0. The Labute approximate surface area is 125 Å². The van der Waals surface area contributed by atoms with Crippen LogP contribution < -0.4 is 16.0 Å². The highest BCUT2D eigenvalue weighted by Crippen LogP contribution is 2.25. The summed E-state index contributed by atoms with van der Waals surface area (Å²) in [6.45, 7) is 3.85. The summed E-state index contributed by atoms with van der Waals surface area (Å²) >= 11 is 0. The molecule has 2 aromatic carbocycles. The third kappa shape index (κ3) is 3.16. The highest BCUT2D eigenvalue weighted by molar-refractivity contribution is 6.07. The highest BCUT2D eigenvalue weighted by Gasteiger charge is 2.13. The first kappa shape index (κ1) is 14.9. The number of nitrogens with two attached hydrogens (primary N) is 1. The van der Waals surface area contributed by atoms with Crippen LogP contribution in [0.4, 0.5) is 17.1 Å². The molecule has 0 aromatic heterocycles. The maximum Gasteiger partial charge on any atom is 0.256 e. The topological polar surface area (TPSA) is 58.4 Å². The fourth-order valence-electron chi connectivity index (χ4n) is 2.27. The fourth-order valence-corrected chi connectivity index (χ4v) is 2.27. The number of rotatable bonds is 3. The lowest BCUT2D eigenvalue weighted by molar-refractivity contribution is 0.102. The van der Waals surface area contributed by atoms with E-state index in [9.17, 15) is 4.79 Å². The summed E-state index contributed by atoms with van der Waals surface area (Å²) in [5.41, 5.74) is 10.8. The van der Waals surface area contributed by atoms with E-state index in [4.69, 9.17) is 5.73 Å². The number of nitrogens with zero attached hydrogens (tertiary/aromatic N) is 1. The Hall–Kier alpha value is -2.49. The molecule has 2 aromatic rings. The molecule has 0 bridgehead atoms. The molecule has 4 nitrogen and oxygen atoms in total. The van der Waals surface area contributed by atoms with Crippen LogP contribution in [0.2, 0.25) is 0 Å². The number of aryl methyl sites for hydroxylation is 2. The average molecular weight is 283 g/mol. The number of nitrogen functional groups attached to an aromatic ring is 1. The van der Waals surface area contributed by atoms with Crippen LogP contribution in [-0.4, -0.2) is 20.0 Å². The lowest BCUT2D eigenvalue weighted by Gasteiger charge is -2.18. The van der Waals surface area contributed by atoms with E-state index in [1.807, 2.05) is 63.2 Å². The molecule has 1 amide bonds. The van der Waals surface area contributed by atoms with Gasteiger partial charge < -0.3 is 16.0 Å². The molecule has 4 heteroatoms. The molecule has 0 fully saturated rings. The third-order valence-electron chi connectivity index (χ3n) is 3.49. The van der Waals surface area contributed by atoms with Gasteiger partial charge in [0.05, 0.1) is 11.4 Å². The number of carbonyl (C=O) groups excluding carboxylic acids is 1. The summed E-state index contributed by atoms with van der Waals surface area (Å²) in [6, 6.07) is 11.4. The molecule has 0 atom stereocenters. The van der Waals surface area contributed by atoms with Crippen molar-refractivity contribution in [3.05, 3.63) is 53.1 Å². The molecule has 3 N–H and O–H groups in total. The van der Waals surface area contributed by atoms with Crippen LogP contribution in [0, 0.1) is 13.8 Å². The fraction of sp³-hybridized carbons (Fsp3) is 0.235. The van der Waals surface area contributed by atoms with Crippen molar-refractivity contribution >= 4 is 23.0 Å². The SMILES string of the molecule is Cc1cc(C)c(C(=O)Nc2ccccc2N(C)C)cc1N. The van der Waals surface area contributed by atoms with Crippen LogP contribution in [0.15, 0.2) is 36.4 Å². The molecular formula is C17H21N3O. The van der Waals surface area contributed by atoms with Crippen LogP contribution >= 0.6 is 0 Å². The number of para-hydroxylation sites is 2. The zero-order valence-electron chi connectivity index (χ0n) is 12.9. The van der Waals surface area contributed by atoms with Gasteiger partial charge in [-0.3, -0.25) is 4.79 Å². The number of benzene rings is 2. The van der Waals surface area contributed by atoms with Crippen molar-refractivity contribution < 1.29 is 4.79 Å². The maximum atomic E-state index is 12.5. The minimum absolute atomic E-state index is 0.145. The van der Waals surface area contributed by atoms with Crippen molar-refractivity contribution in [3.8, 4) is 0 Å². The lowest BCUT2D eigenvalue weighted by Crippen LogP contribution is -2.17. The van der Waals surface area contributed by atoms with Crippen molar-refractivity contribution in [2.24, 2.45) is 0 Å². The molecular weight excluding hydrogens is 262 g/mol. The third-order valence-corrected chi connectivity index (χ3v) is 3.49. The van der Waals surface area contributed by atoms with Crippen LogP contribution in [0.25, 0.3) is 0 Å². The summed E-state index contributed by atoms with van der Waals surface area (Å²) in [7, 11) is 3.89. The van der Waals surface area contributed by atoms with E-state index >= 15 is 0 Å². The van der Waals surface area contributed by atoms with Gasteiger partial charge in [0, 0.05) is 25.3 Å². The van der Waals surface area contributed by atoms with Gasteiger partial charge in [0.1, 0.15) is 0 Å². The first-order valence-electron chi connectivity index (χ1n) is 6.84. The van der Waals surface area contributed by atoms with Crippen LogP contribution in [0.1, 0.15) is 21.5 Å². The van der Waals surface area contributed by atoms with E-state index < -0.39 is 0 Å². The van der Waals surface area contributed by atoms with Gasteiger partial charge in [0.25, 0.3) is 5.91 Å². The van der Waals surface area contributed by atoms with E-state index in [1.165, 1.54) is 0 Å². The standard InChI is InChI=1S/C17H21N3O/c1-11-9-12(2)14(18)10-13(11)17(21)19-15-7-5-6-8-16(15)20(3)4/h5-10H,18H2,1-4H3,(H,19,21). The van der Waals surface area contributed by atoms with Crippen molar-refractivity contribution in [2.45, 2.75) is 13.8 Å². The maximum absolute atomic E-state index is 12.5. The minimum atomic E-state index is -0.145. The van der Waals surface area contributed by atoms with E-state index in [2.05, 4.69) is 5.32 Å². The summed E-state index contributed by atoms with van der Waals surface area (Å²) in [5.74, 6) is -0.145. The first-order chi connectivity index (χ1) is 9.90. The molecule has 21 heavy (non-hydrogen) atoms. The molecule has 0 spiro atoms. The predicted molar refractivity (Wildman–Crippen MR) is 89.1 cm³/mol. The Morgan fingerprint density at radius 3 is 2.43 bits per heavy atom. The summed E-state index contributed by atoms with van der Waals surface area (Å²) in [4.78, 5) is 14.5. The highest BCUT2D eigenvalue weighted by atomic mass is 16.1. The number of hydrogen-bond donors (Lipinski definition) is 2. The van der Waals surface area contributed by atoms with Crippen LogP contribution in [0.5, 0.6) is 0 Å². The van der Waals surface area contributed by atoms with Gasteiger partial charge >= 0.3 is 0 Å². The largest absolute Gasteiger partial charge is 0.398 e. The molecule has 0 saturated heterocycles. The summed E-state index contributed by atoms with van der Waals surface area (Å²) in [5, 5.41) is 2.96. The van der Waals surface area contributed by atoms with Gasteiger partial charge in [-0.25, -0.2) is 0 Å². The van der Waals surface area contributed by atoms with Gasteiger partial charge in [-0.15, -0.1) is 0 Å². The van der Waals surface area contributed by atoms with Crippen LogP contribution in [-0.2, 0) is 0 Å². The van der Waals surface area contributed by atoms with E-state index in [0.717, 1.165) is 22.5 Å². The van der Waals surface area contributed by atoms with E-state index in [1.54, 1.807) is 6.07 Å². The predicted octanol–water partition coefficient (Wildman–Crippen LogP) is 3.20. The second-order valence-corrected chi connectivity index (χ2v) is 5.39. The van der Waals surface area contributed by atoms with Crippen LogP contribution in [0.3, 0.4) is 0 Å². The van der Waals surface area contributed by atoms with Crippen molar-refractivity contribution in [3.63, 3.8) is 0 Å². The van der Waals surface area contributed by atoms with Crippen molar-refractivity contribution in [1.82, 2.24) is 0 Å². The molecule has 2 rings (SSSR count). The molecule has 0 heterocycles. The number of carbonyl (C=O) groups is 1. The monoisotopic (exact) mass is 283 g/mol. The quantitative estimate of drug-likeness (QED) is 0.850. The Balaban J connectivity index is 2.33. The Bertz CT molecular complexity index is 678. The van der Waals surface area contributed by atoms with Gasteiger partial charge in [0.15, 0.2) is 0 Å². The van der Waals surface area contributed by atoms with Gasteiger partial charge in [0.2, 0.25) is 0 Å². The summed E-state index contributed by atoms with van der Waals surface area (Å²) in [6.07, 6.45) is 0. The number of amides is 1. The molecule has 0 radical (unpaired) electrons.